The molecule has 0 aliphatic carbocycles. The van der Waals surface area contributed by atoms with Gasteiger partial charge in [0.2, 0.25) is 0 Å². The zero-order valence-corrected chi connectivity index (χ0v) is 9.18. The third-order valence-electron chi connectivity index (χ3n) is 2.02. The highest BCUT2D eigenvalue weighted by molar-refractivity contribution is 6.30. The van der Waals surface area contributed by atoms with Gasteiger partial charge in [0.15, 0.2) is 5.69 Å². The van der Waals surface area contributed by atoms with Gasteiger partial charge in [0, 0.05) is 5.02 Å². The van der Waals surface area contributed by atoms with E-state index in [-0.39, 0.29) is 5.69 Å². The fourth-order valence-corrected chi connectivity index (χ4v) is 1.38. The minimum Gasteiger partial charge on any atom is -0.464 e. The molecule has 0 radical (unpaired) electrons. The minimum atomic E-state index is -0.486. The first-order valence-electron chi connectivity index (χ1n) is 4.47. The number of ether oxygens (including phenoxy) is 1. The van der Waals surface area contributed by atoms with Gasteiger partial charge in [-0.15, -0.1) is 5.10 Å². The highest BCUT2D eigenvalue weighted by atomic mass is 35.5. The predicted octanol–water partition coefficient (Wildman–Crippen LogP) is 1.71. The van der Waals surface area contributed by atoms with Gasteiger partial charge in [-0.05, 0) is 24.3 Å². The van der Waals surface area contributed by atoms with E-state index in [0.717, 1.165) is 0 Å². The van der Waals surface area contributed by atoms with Crippen LogP contribution >= 0.6 is 11.6 Å². The Labute approximate surface area is 96.6 Å². The molecule has 2 rings (SSSR count). The summed E-state index contributed by atoms with van der Waals surface area (Å²) in [7, 11) is 1.31. The highest BCUT2D eigenvalue weighted by Gasteiger charge is 2.14. The maximum absolute atomic E-state index is 11.4. The number of hydrogen-bond donors (Lipinski definition) is 0. The maximum atomic E-state index is 11.4. The third kappa shape index (κ3) is 1.90. The van der Waals surface area contributed by atoms with Gasteiger partial charge in [-0.2, -0.15) is 0 Å². The number of rotatable bonds is 2. The summed E-state index contributed by atoms with van der Waals surface area (Å²) in [6.45, 7) is 0. The predicted molar refractivity (Wildman–Crippen MR) is 57.7 cm³/mol. The van der Waals surface area contributed by atoms with Gasteiger partial charge >= 0.3 is 5.97 Å². The quantitative estimate of drug-likeness (QED) is 0.746. The van der Waals surface area contributed by atoms with Crippen LogP contribution in [0.15, 0.2) is 30.5 Å². The lowest BCUT2D eigenvalue weighted by atomic mass is 10.3. The van der Waals surface area contributed by atoms with E-state index in [2.05, 4.69) is 15.0 Å². The van der Waals surface area contributed by atoms with Crippen LogP contribution in [0.2, 0.25) is 5.02 Å². The van der Waals surface area contributed by atoms with Crippen molar-refractivity contribution in [2.24, 2.45) is 0 Å². The van der Waals surface area contributed by atoms with Gasteiger partial charge in [0.1, 0.15) is 0 Å². The fraction of sp³-hybridized carbons (Fsp3) is 0.100. The molecule has 0 spiro atoms. The highest BCUT2D eigenvalue weighted by Crippen LogP contribution is 2.14. The molecule has 0 aliphatic heterocycles. The molecular weight excluding hydrogens is 230 g/mol. The number of esters is 1. The average Bonchev–Trinajstić information content (AvgIpc) is 2.78. The zero-order valence-electron chi connectivity index (χ0n) is 8.42. The number of carbonyl (C=O) groups is 1. The van der Waals surface area contributed by atoms with E-state index in [4.69, 9.17) is 11.6 Å². The van der Waals surface area contributed by atoms with Crippen molar-refractivity contribution in [3.63, 3.8) is 0 Å². The van der Waals surface area contributed by atoms with Gasteiger partial charge in [-0.1, -0.05) is 16.8 Å². The van der Waals surface area contributed by atoms with E-state index in [1.807, 2.05) is 0 Å². The van der Waals surface area contributed by atoms with Crippen LogP contribution < -0.4 is 0 Å². The molecule has 0 fully saturated rings. The van der Waals surface area contributed by atoms with Gasteiger partial charge in [0.05, 0.1) is 19.0 Å². The van der Waals surface area contributed by atoms with Crippen LogP contribution in [0.5, 0.6) is 0 Å². The SMILES string of the molecule is COC(=O)c1cnnn1-c1ccc(Cl)cc1. The number of nitrogens with zero attached hydrogens (tertiary/aromatic N) is 3. The Morgan fingerprint density at radius 2 is 2.06 bits per heavy atom. The van der Waals surface area contributed by atoms with Crippen molar-refractivity contribution in [2.45, 2.75) is 0 Å². The van der Waals surface area contributed by atoms with Crippen molar-refractivity contribution in [3.8, 4) is 5.69 Å². The Hall–Kier alpha value is -1.88. The molecule has 0 saturated carbocycles. The third-order valence-corrected chi connectivity index (χ3v) is 2.27. The van der Waals surface area contributed by atoms with Crippen LogP contribution in [0, 0.1) is 0 Å². The van der Waals surface area contributed by atoms with Crippen LogP contribution in [-0.2, 0) is 4.74 Å². The molecule has 5 nitrogen and oxygen atoms in total. The molecule has 0 aliphatic rings. The Morgan fingerprint density at radius 1 is 1.38 bits per heavy atom. The second-order valence-corrected chi connectivity index (χ2v) is 3.44. The van der Waals surface area contributed by atoms with Crippen molar-refractivity contribution in [2.75, 3.05) is 7.11 Å². The monoisotopic (exact) mass is 237 g/mol. The molecule has 0 N–H and O–H groups in total. The van der Waals surface area contributed by atoms with Crippen molar-refractivity contribution in [1.29, 1.82) is 0 Å². The van der Waals surface area contributed by atoms with Crippen molar-refractivity contribution >= 4 is 17.6 Å². The number of aromatic nitrogens is 3. The summed E-state index contributed by atoms with van der Waals surface area (Å²) >= 11 is 5.77. The van der Waals surface area contributed by atoms with E-state index in [0.29, 0.717) is 10.7 Å². The molecule has 0 saturated heterocycles. The van der Waals surface area contributed by atoms with Crippen LogP contribution in [0.3, 0.4) is 0 Å². The largest absolute Gasteiger partial charge is 0.464 e. The van der Waals surface area contributed by atoms with Gasteiger partial charge in [0.25, 0.3) is 0 Å². The Morgan fingerprint density at radius 3 is 2.69 bits per heavy atom. The lowest BCUT2D eigenvalue weighted by Gasteiger charge is -2.04. The summed E-state index contributed by atoms with van der Waals surface area (Å²) in [4.78, 5) is 11.4. The Kier molecular flexibility index (Phi) is 2.87. The molecule has 16 heavy (non-hydrogen) atoms. The molecular formula is C10H8ClN3O2. The summed E-state index contributed by atoms with van der Waals surface area (Å²) < 4.78 is 6.01. The molecule has 0 atom stereocenters. The first kappa shape index (κ1) is 10.6. The molecule has 1 aromatic carbocycles. The molecule has 1 aromatic heterocycles. The summed E-state index contributed by atoms with van der Waals surface area (Å²) in [5, 5.41) is 8.09. The number of methoxy groups -OCH3 is 1. The van der Waals surface area contributed by atoms with E-state index < -0.39 is 5.97 Å². The van der Waals surface area contributed by atoms with E-state index in [1.54, 1.807) is 24.3 Å². The number of hydrogen-bond acceptors (Lipinski definition) is 4. The maximum Gasteiger partial charge on any atom is 0.358 e. The van der Waals surface area contributed by atoms with Crippen LogP contribution in [-0.4, -0.2) is 28.1 Å². The molecule has 6 heteroatoms. The van der Waals surface area contributed by atoms with Crippen LogP contribution in [0.25, 0.3) is 5.69 Å². The van der Waals surface area contributed by atoms with Gasteiger partial charge in [-0.3, -0.25) is 0 Å². The second-order valence-electron chi connectivity index (χ2n) is 3.00. The van der Waals surface area contributed by atoms with Crippen molar-refractivity contribution < 1.29 is 9.53 Å². The Bertz CT molecular complexity index is 507. The molecule has 82 valence electrons. The minimum absolute atomic E-state index is 0.268. The van der Waals surface area contributed by atoms with E-state index >= 15 is 0 Å². The van der Waals surface area contributed by atoms with Crippen molar-refractivity contribution in [1.82, 2.24) is 15.0 Å². The molecule has 0 amide bonds. The topological polar surface area (TPSA) is 57.0 Å². The number of carbonyl (C=O) groups excluding carboxylic acids is 1. The lowest BCUT2D eigenvalue weighted by molar-refractivity contribution is 0.0590. The molecule has 0 bridgehead atoms. The first-order chi connectivity index (χ1) is 7.72. The second kappa shape index (κ2) is 4.32. The van der Waals surface area contributed by atoms with Gasteiger partial charge in [-0.25, -0.2) is 9.48 Å². The van der Waals surface area contributed by atoms with Crippen LogP contribution in [0.1, 0.15) is 10.5 Å². The smallest absolute Gasteiger partial charge is 0.358 e. The summed E-state index contributed by atoms with van der Waals surface area (Å²) in [5.41, 5.74) is 0.965. The number of halogens is 1. The average molecular weight is 238 g/mol. The van der Waals surface area contributed by atoms with Crippen molar-refractivity contribution in [3.05, 3.63) is 41.2 Å². The number of benzene rings is 1. The molecule has 2 aromatic rings. The summed E-state index contributed by atoms with van der Waals surface area (Å²) in [6, 6.07) is 6.90. The lowest BCUT2D eigenvalue weighted by Crippen LogP contribution is -2.10. The standard InChI is InChI=1S/C10H8ClN3O2/c1-16-10(15)9-6-12-13-14(9)8-4-2-7(11)3-5-8/h2-6H,1H3. The fourth-order valence-electron chi connectivity index (χ4n) is 1.25. The zero-order chi connectivity index (χ0) is 11.5. The van der Waals surface area contributed by atoms with Crippen LogP contribution in [0.4, 0.5) is 0 Å². The first-order valence-corrected chi connectivity index (χ1v) is 4.85. The summed E-state index contributed by atoms with van der Waals surface area (Å²) in [5.74, 6) is -0.486. The van der Waals surface area contributed by atoms with E-state index in [9.17, 15) is 4.79 Å². The summed E-state index contributed by atoms with van der Waals surface area (Å²) in [6.07, 6.45) is 1.35. The van der Waals surface area contributed by atoms with E-state index in [1.165, 1.54) is 18.0 Å². The van der Waals surface area contributed by atoms with Gasteiger partial charge < -0.3 is 4.74 Å². The molecule has 0 unspecified atom stereocenters. The Balaban J connectivity index is 2.44. The molecule has 1 heterocycles. The normalized spacial score (nSPS) is 10.1.